The molecule has 0 N–H and O–H groups in total. The first-order valence-electron chi connectivity index (χ1n) is 8.19. The number of alkyl halides is 3. The lowest BCUT2D eigenvalue weighted by Gasteiger charge is -2.32. The maximum Gasteiger partial charge on any atom is 0.401 e. The first-order chi connectivity index (χ1) is 11.7. The van der Waals surface area contributed by atoms with Crippen LogP contribution < -0.4 is 5.56 Å². The van der Waals surface area contributed by atoms with Gasteiger partial charge in [0.2, 0.25) is 0 Å². The van der Waals surface area contributed by atoms with Crippen molar-refractivity contribution in [1.82, 2.24) is 14.5 Å². The zero-order valence-corrected chi connectivity index (χ0v) is 13.8. The second-order valence-corrected chi connectivity index (χ2v) is 6.57. The molecule has 0 unspecified atom stereocenters. The van der Waals surface area contributed by atoms with Gasteiger partial charge in [0.05, 0.1) is 17.4 Å². The molecule has 3 rings (SSSR count). The largest absolute Gasteiger partial charge is 0.401 e. The second-order valence-electron chi connectivity index (χ2n) is 6.57. The summed E-state index contributed by atoms with van der Waals surface area (Å²) >= 11 is 0. The highest BCUT2D eigenvalue weighted by molar-refractivity contribution is 5.77. The van der Waals surface area contributed by atoms with Gasteiger partial charge in [-0.1, -0.05) is 0 Å². The van der Waals surface area contributed by atoms with Gasteiger partial charge in [-0.3, -0.25) is 14.3 Å². The quantitative estimate of drug-likeness (QED) is 0.793. The minimum Gasteiger partial charge on any atom is -0.296 e. The number of likely N-dealkylation sites (tertiary alicyclic amines) is 1. The van der Waals surface area contributed by atoms with Crippen molar-refractivity contribution in [2.75, 3.05) is 19.6 Å². The monoisotopic (exact) mass is 357 g/mol. The summed E-state index contributed by atoms with van der Waals surface area (Å²) in [7, 11) is 0. The number of aryl methyl sites for hydroxylation is 1. The fourth-order valence-corrected chi connectivity index (χ4v) is 3.36. The minimum atomic E-state index is -4.18. The molecule has 0 spiro atoms. The molecule has 0 radical (unpaired) electrons. The van der Waals surface area contributed by atoms with Gasteiger partial charge in [-0.25, -0.2) is 9.37 Å². The van der Waals surface area contributed by atoms with Gasteiger partial charge in [0.1, 0.15) is 11.6 Å². The number of halogens is 4. The van der Waals surface area contributed by atoms with E-state index in [4.69, 9.17) is 0 Å². The summed E-state index contributed by atoms with van der Waals surface area (Å²) in [5.74, 6) is 0.162. The van der Waals surface area contributed by atoms with Crippen LogP contribution in [0.15, 0.2) is 23.0 Å². The molecule has 8 heteroatoms. The first kappa shape index (κ1) is 17.8. The standard InChI is InChI=1S/C17H19F4N3O/c1-11-22-15-8-13(18)2-3-14(15)16(25)24(11)9-12-4-6-23(7-5-12)10-17(19,20)21/h2-3,8,12H,4-7,9-10H2,1H3. The van der Waals surface area contributed by atoms with Crippen molar-refractivity contribution in [2.45, 2.75) is 32.5 Å². The van der Waals surface area contributed by atoms with E-state index < -0.39 is 18.5 Å². The van der Waals surface area contributed by atoms with E-state index in [1.807, 2.05) is 0 Å². The predicted molar refractivity (Wildman–Crippen MR) is 85.9 cm³/mol. The molecular formula is C17H19F4N3O. The third-order valence-electron chi connectivity index (χ3n) is 4.66. The van der Waals surface area contributed by atoms with Crippen molar-refractivity contribution < 1.29 is 17.6 Å². The third kappa shape index (κ3) is 4.18. The Bertz CT molecular complexity index is 823. The van der Waals surface area contributed by atoms with E-state index in [0.29, 0.717) is 49.2 Å². The van der Waals surface area contributed by atoms with Gasteiger partial charge < -0.3 is 0 Å². The number of hydrogen-bond acceptors (Lipinski definition) is 3. The molecule has 2 aromatic rings. The zero-order valence-electron chi connectivity index (χ0n) is 13.8. The smallest absolute Gasteiger partial charge is 0.296 e. The lowest BCUT2D eigenvalue weighted by atomic mass is 9.96. The van der Waals surface area contributed by atoms with Gasteiger partial charge in [-0.15, -0.1) is 0 Å². The first-order valence-corrected chi connectivity index (χ1v) is 8.19. The van der Waals surface area contributed by atoms with E-state index in [-0.39, 0.29) is 11.5 Å². The van der Waals surface area contributed by atoms with Crippen molar-refractivity contribution in [3.8, 4) is 0 Å². The van der Waals surface area contributed by atoms with E-state index in [1.165, 1.54) is 23.1 Å². The van der Waals surface area contributed by atoms with Gasteiger partial charge in [0.15, 0.2) is 0 Å². The Balaban J connectivity index is 1.74. The molecule has 1 saturated heterocycles. The van der Waals surface area contributed by atoms with Crippen molar-refractivity contribution in [2.24, 2.45) is 5.92 Å². The Hall–Kier alpha value is -1.96. The maximum absolute atomic E-state index is 13.3. The molecular weight excluding hydrogens is 338 g/mol. The minimum absolute atomic E-state index is 0.126. The molecule has 0 atom stereocenters. The predicted octanol–water partition coefficient (Wildman–Crippen LogP) is 3.12. The lowest BCUT2D eigenvalue weighted by Crippen LogP contribution is -2.41. The number of rotatable bonds is 3. The molecule has 2 heterocycles. The van der Waals surface area contributed by atoms with Crippen LogP contribution in [0.2, 0.25) is 0 Å². The molecule has 136 valence electrons. The summed E-state index contributed by atoms with van der Waals surface area (Å²) in [5.41, 5.74) is 0.0824. The molecule has 1 fully saturated rings. The summed E-state index contributed by atoms with van der Waals surface area (Å²) in [5, 5.41) is 0.349. The van der Waals surface area contributed by atoms with Gasteiger partial charge >= 0.3 is 6.18 Å². The average molecular weight is 357 g/mol. The van der Waals surface area contributed by atoms with Crippen LogP contribution in [0, 0.1) is 18.7 Å². The highest BCUT2D eigenvalue weighted by atomic mass is 19.4. The average Bonchev–Trinajstić information content (AvgIpc) is 2.51. The summed E-state index contributed by atoms with van der Waals surface area (Å²) in [6.07, 6.45) is -2.98. The van der Waals surface area contributed by atoms with Crippen molar-refractivity contribution in [3.63, 3.8) is 0 Å². The topological polar surface area (TPSA) is 38.1 Å². The van der Waals surface area contributed by atoms with E-state index in [2.05, 4.69) is 4.98 Å². The molecule has 0 bridgehead atoms. The van der Waals surface area contributed by atoms with Crippen molar-refractivity contribution >= 4 is 10.9 Å². The highest BCUT2D eigenvalue weighted by Crippen LogP contribution is 2.23. The highest BCUT2D eigenvalue weighted by Gasteiger charge is 2.32. The molecule has 4 nitrogen and oxygen atoms in total. The molecule has 1 aromatic carbocycles. The van der Waals surface area contributed by atoms with E-state index >= 15 is 0 Å². The number of benzene rings is 1. The SMILES string of the molecule is Cc1nc2cc(F)ccc2c(=O)n1CC1CCN(CC(F)(F)F)CC1. The molecule has 1 aliphatic heterocycles. The van der Waals surface area contributed by atoms with Gasteiger partial charge in [-0.2, -0.15) is 13.2 Å². The van der Waals surface area contributed by atoms with Crippen LogP contribution in [-0.4, -0.2) is 40.3 Å². The number of nitrogens with zero attached hydrogens (tertiary/aromatic N) is 3. The summed E-state index contributed by atoms with van der Waals surface area (Å²) in [6, 6.07) is 3.87. The molecule has 0 amide bonds. The van der Waals surface area contributed by atoms with E-state index in [9.17, 15) is 22.4 Å². The Kier molecular flexibility index (Phi) is 4.81. The molecule has 1 aromatic heterocycles. The van der Waals surface area contributed by atoms with Gasteiger partial charge in [0.25, 0.3) is 5.56 Å². The van der Waals surface area contributed by atoms with Crippen LogP contribution in [0.5, 0.6) is 0 Å². The molecule has 0 saturated carbocycles. The molecule has 1 aliphatic rings. The Morgan fingerprint density at radius 2 is 1.92 bits per heavy atom. The zero-order chi connectivity index (χ0) is 18.2. The summed E-state index contributed by atoms with van der Waals surface area (Å²) in [6.45, 7) is 1.95. The summed E-state index contributed by atoms with van der Waals surface area (Å²) in [4.78, 5) is 18.3. The van der Waals surface area contributed by atoms with Crippen LogP contribution in [0.4, 0.5) is 17.6 Å². The number of aromatic nitrogens is 2. The number of fused-ring (bicyclic) bond motifs is 1. The number of piperidine rings is 1. The Labute approximate surface area is 142 Å². The van der Waals surface area contributed by atoms with Crippen molar-refractivity contribution in [1.29, 1.82) is 0 Å². The Morgan fingerprint density at radius 3 is 2.56 bits per heavy atom. The number of hydrogen-bond donors (Lipinski definition) is 0. The third-order valence-corrected chi connectivity index (χ3v) is 4.66. The molecule has 25 heavy (non-hydrogen) atoms. The normalized spacial score (nSPS) is 17.3. The van der Waals surface area contributed by atoms with Crippen LogP contribution in [0.25, 0.3) is 10.9 Å². The van der Waals surface area contributed by atoms with Crippen LogP contribution in [0.3, 0.4) is 0 Å². The van der Waals surface area contributed by atoms with Crippen molar-refractivity contribution in [3.05, 3.63) is 40.2 Å². The summed E-state index contributed by atoms with van der Waals surface area (Å²) < 4.78 is 52.2. The van der Waals surface area contributed by atoms with Crippen LogP contribution >= 0.6 is 0 Å². The van der Waals surface area contributed by atoms with Crippen LogP contribution in [-0.2, 0) is 6.54 Å². The van der Waals surface area contributed by atoms with E-state index in [0.717, 1.165) is 0 Å². The fourth-order valence-electron chi connectivity index (χ4n) is 3.36. The van der Waals surface area contributed by atoms with Gasteiger partial charge in [-0.05, 0) is 50.9 Å². The van der Waals surface area contributed by atoms with Crippen LogP contribution in [0.1, 0.15) is 18.7 Å². The second kappa shape index (κ2) is 6.74. The van der Waals surface area contributed by atoms with E-state index in [1.54, 1.807) is 11.5 Å². The fraction of sp³-hybridized carbons (Fsp3) is 0.529. The maximum atomic E-state index is 13.3. The van der Waals surface area contributed by atoms with Gasteiger partial charge in [0, 0.05) is 12.6 Å². The Morgan fingerprint density at radius 1 is 1.24 bits per heavy atom. The lowest BCUT2D eigenvalue weighted by molar-refractivity contribution is -0.148. The molecule has 0 aliphatic carbocycles.